The third kappa shape index (κ3) is 7.48. The Morgan fingerprint density at radius 1 is 1.05 bits per heavy atom. The molecular weight excluding hydrogens is 528 g/mol. The van der Waals surface area contributed by atoms with E-state index < -0.39 is 29.3 Å². The third-order valence-electron chi connectivity index (χ3n) is 6.03. The molecule has 2 N–H and O–H groups in total. The number of benzene rings is 1. The number of fused-ring (bicyclic) bond motifs is 1. The summed E-state index contributed by atoms with van der Waals surface area (Å²) in [5, 5.41) is 2.64. The molecule has 41 heavy (non-hydrogen) atoms. The molecule has 1 atom stereocenters. The molecule has 0 bridgehead atoms. The maximum absolute atomic E-state index is 13.8. The lowest BCUT2D eigenvalue weighted by Gasteiger charge is -2.22. The average molecular weight is 563 g/mol. The lowest BCUT2D eigenvalue weighted by Crippen LogP contribution is -2.43. The second kappa shape index (κ2) is 13.6. The fraction of sp³-hybridized carbons (Fsp3) is 0.400. The summed E-state index contributed by atoms with van der Waals surface area (Å²) in [6.45, 7) is 8.76. The molecule has 0 aliphatic carbocycles. The Kier molecular flexibility index (Phi) is 10.2. The number of hydrogen-bond donors (Lipinski definition) is 2. The summed E-state index contributed by atoms with van der Waals surface area (Å²) in [5.74, 6) is 4.66. The lowest BCUT2D eigenvalue weighted by molar-refractivity contribution is -0.146. The first-order valence-corrected chi connectivity index (χ1v) is 13.2. The van der Waals surface area contributed by atoms with Crippen LogP contribution in [-0.2, 0) is 19.1 Å². The van der Waals surface area contributed by atoms with Crippen molar-refractivity contribution in [2.45, 2.75) is 53.5 Å². The van der Waals surface area contributed by atoms with E-state index in [1.165, 1.54) is 25.6 Å². The third-order valence-corrected chi connectivity index (χ3v) is 6.03. The van der Waals surface area contributed by atoms with Gasteiger partial charge < -0.3 is 24.5 Å². The minimum atomic E-state index is -1.15. The highest BCUT2D eigenvalue weighted by atomic mass is 16.5. The van der Waals surface area contributed by atoms with E-state index in [1.54, 1.807) is 47.0 Å². The van der Waals surface area contributed by atoms with E-state index in [2.05, 4.69) is 32.1 Å². The van der Waals surface area contributed by atoms with Crippen molar-refractivity contribution in [3.8, 4) is 29.0 Å². The Morgan fingerprint density at radius 2 is 1.78 bits per heavy atom. The average Bonchev–Trinajstić information content (AvgIpc) is 3.35. The van der Waals surface area contributed by atoms with Gasteiger partial charge in [-0.1, -0.05) is 32.6 Å². The van der Waals surface area contributed by atoms with Gasteiger partial charge in [-0.2, -0.15) is 0 Å². The molecular formula is C30H34N4O7. The number of nitrogens with one attached hydrogen (secondary N) is 2. The zero-order chi connectivity index (χ0) is 30.2. The molecule has 2 aliphatic rings. The Hall–Kier alpha value is -4.72. The zero-order valence-electron chi connectivity index (χ0n) is 24.0. The van der Waals surface area contributed by atoms with Gasteiger partial charge in [0.05, 0.1) is 54.5 Å². The van der Waals surface area contributed by atoms with Gasteiger partial charge in [0.15, 0.2) is 5.78 Å². The summed E-state index contributed by atoms with van der Waals surface area (Å²) in [6.07, 6.45) is 4.55. The van der Waals surface area contributed by atoms with Crippen molar-refractivity contribution >= 4 is 23.6 Å². The number of rotatable bonds is 10. The molecule has 0 saturated heterocycles. The molecule has 11 heteroatoms. The van der Waals surface area contributed by atoms with Crippen LogP contribution in [0.25, 0.3) is 11.4 Å². The standard InChI is InChI=1S/C30H34N4O7/c1-7-40-24(35)14-12-22(29(38)41-8-2)34-28(37)20-11-13-23(39-6)19(25(20)26(36)30(3,4)5)10-9-18-15-32-27-21(18)16-31-17-33-27/h11,13,15-17,22H,7-8,12,14H2,1-6H3,(H,34,37)(H,31,32,33)/t22-/m0/s1. The molecule has 0 unspecified atom stereocenters. The van der Waals surface area contributed by atoms with Gasteiger partial charge in [-0.15, -0.1) is 0 Å². The fourth-order valence-corrected chi connectivity index (χ4v) is 3.98. The summed E-state index contributed by atoms with van der Waals surface area (Å²) >= 11 is 0. The molecule has 0 fully saturated rings. The quantitative estimate of drug-likeness (QED) is 0.215. The first-order valence-electron chi connectivity index (χ1n) is 13.2. The van der Waals surface area contributed by atoms with E-state index in [0.717, 1.165) is 0 Å². The lowest BCUT2D eigenvalue weighted by atomic mass is 9.82. The second-order valence-corrected chi connectivity index (χ2v) is 10.0. The van der Waals surface area contributed by atoms with E-state index in [4.69, 9.17) is 14.2 Å². The van der Waals surface area contributed by atoms with Crippen LogP contribution >= 0.6 is 0 Å². The van der Waals surface area contributed by atoms with Crippen molar-refractivity contribution in [3.05, 3.63) is 53.1 Å². The van der Waals surface area contributed by atoms with Gasteiger partial charge in [0.25, 0.3) is 5.91 Å². The van der Waals surface area contributed by atoms with Gasteiger partial charge in [-0.25, -0.2) is 14.8 Å². The number of carbonyl (C=O) groups excluding carboxylic acids is 4. The van der Waals surface area contributed by atoms with Crippen LogP contribution in [-0.4, -0.2) is 64.9 Å². The number of nitrogens with zero attached hydrogens (tertiary/aromatic N) is 2. The highest BCUT2D eigenvalue weighted by molar-refractivity contribution is 6.12. The SMILES string of the molecule is CCOC(=O)CC[C@H](NC(=O)c1ccc(OC)c(C#Cc2cnc3[nH]cncc2-3)c1C(=O)C(C)(C)C)C(=O)OCC. The van der Waals surface area contributed by atoms with E-state index in [-0.39, 0.29) is 48.5 Å². The Balaban J connectivity index is 2.09. The monoisotopic (exact) mass is 562 g/mol. The molecule has 2 heterocycles. The molecule has 0 spiro atoms. The summed E-state index contributed by atoms with van der Waals surface area (Å²) < 4.78 is 15.6. The first-order chi connectivity index (χ1) is 19.5. The Labute approximate surface area is 238 Å². The van der Waals surface area contributed by atoms with Crippen LogP contribution < -0.4 is 10.1 Å². The highest BCUT2D eigenvalue weighted by Crippen LogP contribution is 2.32. The summed E-state index contributed by atoms with van der Waals surface area (Å²) in [5.41, 5.74) is 0.619. The Morgan fingerprint density at radius 3 is 2.44 bits per heavy atom. The second-order valence-electron chi connectivity index (χ2n) is 10.0. The van der Waals surface area contributed by atoms with Gasteiger partial charge in [0.1, 0.15) is 17.6 Å². The zero-order valence-corrected chi connectivity index (χ0v) is 24.0. The van der Waals surface area contributed by atoms with Gasteiger partial charge in [-0.3, -0.25) is 14.4 Å². The number of aromatic amines is 1. The van der Waals surface area contributed by atoms with Gasteiger partial charge in [-0.05, 0) is 32.4 Å². The van der Waals surface area contributed by atoms with Crippen molar-refractivity contribution in [1.82, 2.24) is 20.3 Å². The normalized spacial score (nSPS) is 11.7. The summed E-state index contributed by atoms with van der Waals surface area (Å²) in [4.78, 5) is 63.3. The van der Waals surface area contributed by atoms with E-state index >= 15 is 0 Å². The summed E-state index contributed by atoms with van der Waals surface area (Å²) in [6, 6.07) is 1.84. The van der Waals surface area contributed by atoms with Crippen molar-refractivity contribution in [2.75, 3.05) is 20.3 Å². The maximum atomic E-state index is 13.8. The highest BCUT2D eigenvalue weighted by Gasteiger charge is 2.33. The number of esters is 2. The molecule has 3 rings (SSSR count). The van der Waals surface area contributed by atoms with Crippen LogP contribution in [0.15, 0.2) is 30.9 Å². The predicted molar refractivity (Wildman–Crippen MR) is 150 cm³/mol. The minimum Gasteiger partial charge on any atom is -0.495 e. The van der Waals surface area contributed by atoms with E-state index in [9.17, 15) is 19.2 Å². The number of Topliss-reactive ketones (excluding diaryl/α,β-unsaturated/α-hetero) is 1. The molecule has 2 aliphatic heterocycles. The van der Waals surface area contributed by atoms with Crippen LogP contribution in [0.1, 0.15) is 79.3 Å². The minimum absolute atomic E-state index is 0.000877. The number of methoxy groups -OCH3 is 1. The van der Waals surface area contributed by atoms with Crippen LogP contribution in [0.4, 0.5) is 0 Å². The molecule has 1 amide bonds. The number of ketones is 1. The van der Waals surface area contributed by atoms with Crippen LogP contribution in [0, 0.1) is 17.3 Å². The van der Waals surface area contributed by atoms with Gasteiger partial charge in [0.2, 0.25) is 0 Å². The Bertz CT molecular complexity index is 1460. The van der Waals surface area contributed by atoms with Crippen molar-refractivity contribution in [3.63, 3.8) is 0 Å². The molecule has 0 saturated carbocycles. The largest absolute Gasteiger partial charge is 0.495 e. The van der Waals surface area contributed by atoms with Crippen molar-refractivity contribution < 1.29 is 33.4 Å². The smallest absolute Gasteiger partial charge is 0.328 e. The molecule has 0 radical (unpaired) electrons. The topological polar surface area (TPSA) is 150 Å². The maximum Gasteiger partial charge on any atom is 0.328 e. The molecule has 0 aromatic heterocycles. The van der Waals surface area contributed by atoms with Crippen LogP contribution in [0.3, 0.4) is 0 Å². The molecule has 216 valence electrons. The van der Waals surface area contributed by atoms with Crippen LogP contribution in [0.5, 0.6) is 5.75 Å². The number of carbonyl (C=O) groups is 4. The predicted octanol–water partition coefficient (Wildman–Crippen LogP) is 3.55. The van der Waals surface area contributed by atoms with Gasteiger partial charge in [0, 0.05) is 24.2 Å². The molecule has 1 aromatic rings. The summed E-state index contributed by atoms with van der Waals surface area (Å²) in [7, 11) is 1.44. The van der Waals surface area contributed by atoms with E-state index in [0.29, 0.717) is 22.7 Å². The fourth-order valence-electron chi connectivity index (χ4n) is 3.98. The molecule has 11 nitrogen and oxygen atoms in total. The van der Waals surface area contributed by atoms with Crippen molar-refractivity contribution in [2.24, 2.45) is 5.41 Å². The number of aromatic nitrogens is 3. The first kappa shape index (κ1) is 30.8. The number of amides is 1. The van der Waals surface area contributed by atoms with Crippen LogP contribution in [0.2, 0.25) is 0 Å². The number of hydrogen-bond acceptors (Lipinski definition) is 9. The number of ether oxygens (including phenoxy) is 3. The van der Waals surface area contributed by atoms with Crippen molar-refractivity contribution in [1.29, 1.82) is 0 Å². The number of H-pyrrole nitrogens is 1. The van der Waals surface area contributed by atoms with Gasteiger partial charge >= 0.3 is 11.9 Å². The molecule has 1 aromatic carbocycles. The van der Waals surface area contributed by atoms with E-state index in [1.807, 2.05) is 0 Å².